The van der Waals surface area contributed by atoms with Crippen LogP contribution in [0.4, 0.5) is 10.8 Å². The van der Waals surface area contributed by atoms with E-state index in [4.69, 9.17) is 0 Å². The molecule has 2 N–H and O–H groups in total. The smallest absolute Gasteiger partial charge is 0.258 e. The van der Waals surface area contributed by atoms with Crippen LogP contribution in [-0.4, -0.2) is 16.8 Å². The van der Waals surface area contributed by atoms with Crippen LogP contribution in [0.2, 0.25) is 0 Å². The highest BCUT2D eigenvalue weighted by atomic mass is 79.9. The summed E-state index contributed by atoms with van der Waals surface area (Å²) in [6, 6.07) is 13.1. The van der Waals surface area contributed by atoms with E-state index in [9.17, 15) is 9.59 Å². The Labute approximate surface area is 162 Å². The number of nitrogens with one attached hydrogen (secondary N) is 2. The van der Waals surface area contributed by atoms with E-state index >= 15 is 0 Å². The summed E-state index contributed by atoms with van der Waals surface area (Å²) in [5, 5.41) is 8.18. The van der Waals surface area contributed by atoms with E-state index in [0.29, 0.717) is 17.1 Å². The van der Waals surface area contributed by atoms with Gasteiger partial charge in [0.2, 0.25) is 5.91 Å². The van der Waals surface area contributed by atoms with Crippen LogP contribution in [0.15, 0.2) is 52.3 Å². The van der Waals surface area contributed by atoms with Crippen LogP contribution < -0.4 is 10.6 Å². The lowest BCUT2D eigenvalue weighted by atomic mass is 9.99. The van der Waals surface area contributed by atoms with Crippen LogP contribution in [0, 0.1) is 0 Å². The first-order valence-electron chi connectivity index (χ1n) is 8.05. The Morgan fingerprint density at radius 2 is 2.04 bits per heavy atom. The molecule has 7 heteroatoms. The maximum absolute atomic E-state index is 12.4. The third-order valence-corrected chi connectivity index (χ3v) is 5.59. The minimum absolute atomic E-state index is 0.0518. The lowest BCUT2D eigenvalue weighted by Crippen LogP contribution is -2.18. The summed E-state index contributed by atoms with van der Waals surface area (Å²) in [4.78, 5) is 28.4. The number of nitrogens with zero attached hydrogens (tertiary/aromatic N) is 1. The zero-order chi connectivity index (χ0) is 18.1. The van der Waals surface area contributed by atoms with Crippen molar-refractivity contribution < 1.29 is 9.59 Å². The lowest BCUT2D eigenvalue weighted by molar-refractivity contribution is -0.116. The zero-order valence-electron chi connectivity index (χ0n) is 13.6. The Morgan fingerprint density at radius 1 is 1.19 bits per heavy atom. The zero-order valence-corrected chi connectivity index (χ0v) is 16.0. The highest BCUT2D eigenvalue weighted by Crippen LogP contribution is 2.31. The van der Waals surface area contributed by atoms with E-state index in [0.717, 1.165) is 33.4 Å². The van der Waals surface area contributed by atoms with Gasteiger partial charge in [0.05, 0.1) is 11.3 Å². The summed E-state index contributed by atoms with van der Waals surface area (Å²) in [7, 11) is 0. The average Bonchev–Trinajstić information content (AvgIpc) is 3.10. The van der Waals surface area contributed by atoms with Crippen molar-refractivity contribution in [3.8, 4) is 11.3 Å². The van der Waals surface area contributed by atoms with Gasteiger partial charge in [-0.05, 0) is 52.2 Å². The molecule has 3 aromatic rings. The quantitative estimate of drug-likeness (QED) is 0.635. The minimum Gasteiger partial charge on any atom is -0.326 e. The highest BCUT2D eigenvalue weighted by Gasteiger charge is 2.16. The van der Waals surface area contributed by atoms with Crippen molar-refractivity contribution in [3.05, 3.63) is 63.4 Å². The van der Waals surface area contributed by atoms with Gasteiger partial charge in [0.1, 0.15) is 0 Å². The molecule has 1 aliphatic rings. The van der Waals surface area contributed by atoms with Crippen LogP contribution in [0.5, 0.6) is 0 Å². The van der Waals surface area contributed by atoms with Crippen molar-refractivity contribution in [1.29, 1.82) is 0 Å². The second-order valence-corrected chi connectivity index (χ2v) is 7.60. The van der Waals surface area contributed by atoms with E-state index in [1.54, 1.807) is 6.07 Å². The monoisotopic (exact) mass is 427 g/mol. The molecule has 0 saturated heterocycles. The van der Waals surface area contributed by atoms with Crippen LogP contribution >= 0.6 is 27.3 Å². The van der Waals surface area contributed by atoms with Gasteiger partial charge in [0, 0.05) is 27.5 Å². The number of carbonyl (C=O) groups excluding carboxylic acids is 2. The fourth-order valence-corrected chi connectivity index (χ4v) is 4.00. The molecule has 4 rings (SSSR count). The van der Waals surface area contributed by atoms with Crippen molar-refractivity contribution in [2.75, 3.05) is 10.6 Å². The van der Waals surface area contributed by atoms with Crippen molar-refractivity contribution in [1.82, 2.24) is 4.98 Å². The van der Waals surface area contributed by atoms with Gasteiger partial charge in [-0.15, -0.1) is 11.3 Å². The molecule has 2 heterocycles. The first-order chi connectivity index (χ1) is 12.6. The van der Waals surface area contributed by atoms with Gasteiger partial charge in [-0.25, -0.2) is 4.98 Å². The summed E-state index contributed by atoms with van der Waals surface area (Å²) in [6.45, 7) is 0. The topological polar surface area (TPSA) is 71.1 Å². The molecule has 1 aliphatic heterocycles. The Kier molecular flexibility index (Phi) is 4.57. The Morgan fingerprint density at radius 3 is 2.88 bits per heavy atom. The molecular formula is C19H14BrN3O2S. The van der Waals surface area contributed by atoms with Crippen LogP contribution in [0.25, 0.3) is 11.3 Å². The van der Waals surface area contributed by atoms with Crippen molar-refractivity contribution >= 4 is 49.9 Å². The number of aryl methyl sites for hydroxylation is 1. The summed E-state index contributed by atoms with van der Waals surface area (Å²) in [5.74, 6) is -0.150. The summed E-state index contributed by atoms with van der Waals surface area (Å²) in [6.07, 6.45) is 1.23. The minimum atomic E-state index is -0.202. The Hall–Kier alpha value is -2.51. The maximum atomic E-state index is 12.4. The summed E-state index contributed by atoms with van der Waals surface area (Å²) in [5.41, 5.74) is 4.31. The number of fused-ring (bicyclic) bond motifs is 1. The molecule has 0 saturated carbocycles. The molecule has 0 bridgehead atoms. The first kappa shape index (κ1) is 16.9. The average molecular weight is 428 g/mol. The number of hydrogen-bond donors (Lipinski definition) is 2. The highest BCUT2D eigenvalue weighted by molar-refractivity contribution is 9.10. The molecule has 0 fully saturated rings. The number of anilines is 2. The molecule has 2 amide bonds. The molecule has 0 aliphatic carbocycles. The fraction of sp³-hybridized carbons (Fsp3) is 0.105. The second kappa shape index (κ2) is 7.01. The second-order valence-electron chi connectivity index (χ2n) is 5.89. The number of halogens is 1. The molecule has 2 aromatic carbocycles. The van der Waals surface area contributed by atoms with Gasteiger partial charge in [-0.3, -0.25) is 14.9 Å². The van der Waals surface area contributed by atoms with Gasteiger partial charge in [-0.2, -0.15) is 0 Å². The molecule has 130 valence electrons. The van der Waals surface area contributed by atoms with Crippen LogP contribution in [0.3, 0.4) is 0 Å². The Balaban J connectivity index is 1.54. The number of aromatic nitrogens is 1. The largest absolute Gasteiger partial charge is 0.326 e. The van der Waals surface area contributed by atoms with E-state index in [2.05, 4.69) is 31.5 Å². The normalized spacial score (nSPS) is 13.0. The van der Waals surface area contributed by atoms with Crippen LogP contribution in [-0.2, 0) is 11.2 Å². The van der Waals surface area contributed by atoms with E-state index in [1.165, 1.54) is 11.3 Å². The first-order valence-corrected chi connectivity index (χ1v) is 9.72. The van der Waals surface area contributed by atoms with Gasteiger partial charge in [0.15, 0.2) is 5.13 Å². The summed E-state index contributed by atoms with van der Waals surface area (Å²) < 4.78 is 0.742. The molecule has 0 radical (unpaired) electrons. The number of thiazole rings is 1. The molecule has 0 spiro atoms. The third-order valence-electron chi connectivity index (χ3n) is 4.14. The molecule has 0 unspecified atom stereocenters. The van der Waals surface area contributed by atoms with Gasteiger partial charge < -0.3 is 5.32 Å². The van der Waals surface area contributed by atoms with Gasteiger partial charge in [-0.1, -0.05) is 18.2 Å². The van der Waals surface area contributed by atoms with E-state index in [1.807, 2.05) is 41.8 Å². The molecule has 0 atom stereocenters. The molecule has 26 heavy (non-hydrogen) atoms. The SMILES string of the molecule is O=C1CCc2cc(-c3csc(NC(=O)c4ccccc4Br)n3)ccc2N1. The maximum Gasteiger partial charge on any atom is 0.258 e. The lowest BCUT2D eigenvalue weighted by Gasteiger charge is -2.17. The predicted molar refractivity (Wildman–Crippen MR) is 107 cm³/mol. The van der Waals surface area contributed by atoms with E-state index < -0.39 is 0 Å². The van der Waals surface area contributed by atoms with Crippen molar-refractivity contribution in [2.45, 2.75) is 12.8 Å². The van der Waals surface area contributed by atoms with Gasteiger partial charge >= 0.3 is 0 Å². The summed E-state index contributed by atoms with van der Waals surface area (Å²) >= 11 is 4.77. The van der Waals surface area contributed by atoms with Crippen LogP contribution in [0.1, 0.15) is 22.3 Å². The van der Waals surface area contributed by atoms with Gasteiger partial charge in [0.25, 0.3) is 5.91 Å². The third kappa shape index (κ3) is 3.40. The molecular weight excluding hydrogens is 414 g/mol. The Bertz CT molecular complexity index is 1020. The molecule has 5 nitrogen and oxygen atoms in total. The number of benzene rings is 2. The van der Waals surface area contributed by atoms with Crippen molar-refractivity contribution in [3.63, 3.8) is 0 Å². The molecule has 1 aromatic heterocycles. The number of amides is 2. The standard InChI is InChI=1S/C19H14BrN3O2S/c20-14-4-2-1-3-13(14)18(25)23-19-22-16(10-26-19)12-5-7-15-11(9-12)6-8-17(24)21-15/h1-5,7,9-10H,6,8H2,(H,21,24)(H,22,23,25). The van der Waals surface area contributed by atoms with Crippen molar-refractivity contribution in [2.24, 2.45) is 0 Å². The predicted octanol–water partition coefficient (Wildman–Crippen LogP) is 4.71. The van der Waals surface area contributed by atoms with E-state index in [-0.39, 0.29) is 11.8 Å². The number of carbonyl (C=O) groups is 2. The number of hydrogen-bond acceptors (Lipinski definition) is 4. The number of rotatable bonds is 3. The fourth-order valence-electron chi connectivity index (χ4n) is 2.82.